The van der Waals surface area contributed by atoms with E-state index in [9.17, 15) is 4.79 Å². The second kappa shape index (κ2) is 6.88. The van der Waals surface area contributed by atoms with Crippen molar-refractivity contribution in [3.8, 4) is 0 Å². The second-order valence-corrected chi connectivity index (χ2v) is 5.89. The van der Waals surface area contributed by atoms with Gasteiger partial charge in [0.2, 0.25) is 0 Å². The maximum atomic E-state index is 12.9. The number of carbonyl (C=O) groups excluding carboxylic acids is 1. The predicted octanol–water partition coefficient (Wildman–Crippen LogP) is 2.46. The molecule has 0 atom stereocenters. The molecule has 2 heterocycles. The van der Waals surface area contributed by atoms with Gasteiger partial charge >= 0.3 is 0 Å². The lowest BCUT2D eigenvalue weighted by atomic mass is 10.2. The van der Waals surface area contributed by atoms with Gasteiger partial charge in [0.05, 0.1) is 35.4 Å². The van der Waals surface area contributed by atoms with Crippen molar-refractivity contribution in [1.29, 1.82) is 0 Å². The molecule has 0 saturated carbocycles. The molecule has 8 heteroatoms. The Morgan fingerprint density at radius 2 is 1.96 bits per heavy atom. The number of hydrogen-bond acceptors (Lipinski definition) is 6. The van der Waals surface area contributed by atoms with Gasteiger partial charge in [-0.1, -0.05) is 23.4 Å². The third-order valence-electron chi connectivity index (χ3n) is 3.86. The number of amides is 1. The molecule has 3 aromatic rings. The Bertz CT molecular complexity index is 841. The summed E-state index contributed by atoms with van der Waals surface area (Å²) in [7, 11) is 0. The minimum atomic E-state index is -0.152. The number of aromatic nitrogens is 5. The minimum absolute atomic E-state index is 0.152. The highest BCUT2D eigenvalue weighted by atomic mass is 32.1. The number of para-hydroxylation sites is 1. The molecule has 3 rings (SSSR count). The van der Waals surface area contributed by atoms with E-state index in [1.165, 1.54) is 11.7 Å². The van der Waals surface area contributed by atoms with E-state index in [1.807, 2.05) is 51.1 Å². The molecule has 0 bridgehead atoms. The SMILES string of the molecule is CCN(C(=O)c1nnn(Cc2nsnc2C)c1C)c1ccccc1. The van der Waals surface area contributed by atoms with Crippen LogP contribution in [-0.4, -0.2) is 36.2 Å². The van der Waals surface area contributed by atoms with Gasteiger partial charge in [-0.05, 0) is 32.9 Å². The lowest BCUT2D eigenvalue weighted by Crippen LogP contribution is -2.31. The molecule has 0 aliphatic heterocycles. The van der Waals surface area contributed by atoms with Crippen LogP contribution in [-0.2, 0) is 6.54 Å². The molecule has 0 spiro atoms. The molecular weight excluding hydrogens is 324 g/mol. The van der Waals surface area contributed by atoms with E-state index < -0.39 is 0 Å². The van der Waals surface area contributed by atoms with Crippen molar-refractivity contribution in [3.63, 3.8) is 0 Å². The normalized spacial score (nSPS) is 10.8. The summed E-state index contributed by atoms with van der Waals surface area (Å²) in [6, 6.07) is 9.56. The molecule has 0 fully saturated rings. The Balaban J connectivity index is 1.87. The molecule has 0 radical (unpaired) electrons. The average molecular weight is 342 g/mol. The molecular formula is C16H18N6OS. The van der Waals surface area contributed by atoms with Gasteiger partial charge in [-0.25, -0.2) is 4.68 Å². The first-order valence-corrected chi connectivity index (χ1v) is 8.40. The van der Waals surface area contributed by atoms with Crippen LogP contribution in [0.15, 0.2) is 30.3 Å². The highest BCUT2D eigenvalue weighted by Gasteiger charge is 2.23. The molecule has 2 aromatic heterocycles. The summed E-state index contributed by atoms with van der Waals surface area (Å²) in [6.07, 6.45) is 0. The molecule has 24 heavy (non-hydrogen) atoms. The summed E-state index contributed by atoms with van der Waals surface area (Å²) in [5.74, 6) is -0.152. The number of benzene rings is 1. The quantitative estimate of drug-likeness (QED) is 0.712. The summed E-state index contributed by atoms with van der Waals surface area (Å²) in [5, 5.41) is 8.22. The van der Waals surface area contributed by atoms with Gasteiger partial charge < -0.3 is 4.90 Å². The van der Waals surface area contributed by atoms with Crippen molar-refractivity contribution in [1.82, 2.24) is 23.7 Å². The van der Waals surface area contributed by atoms with E-state index in [4.69, 9.17) is 0 Å². The van der Waals surface area contributed by atoms with E-state index in [2.05, 4.69) is 19.1 Å². The molecule has 0 N–H and O–H groups in total. The standard InChI is InChI=1S/C16H18N6OS/c1-4-21(13-8-6-5-7-9-13)16(23)15-12(3)22(20-17-15)10-14-11(2)18-24-19-14/h5-9H,4,10H2,1-3H3. The van der Waals surface area contributed by atoms with Crippen LogP contribution in [0.1, 0.15) is 34.5 Å². The summed E-state index contributed by atoms with van der Waals surface area (Å²) in [6.45, 7) is 6.72. The van der Waals surface area contributed by atoms with E-state index in [0.29, 0.717) is 18.8 Å². The second-order valence-electron chi connectivity index (χ2n) is 5.36. The molecule has 7 nitrogen and oxygen atoms in total. The van der Waals surface area contributed by atoms with Crippen molar-refractivity contribution < 1.29 is 4.79 Å². The molecule has 124 valence electrons. The summed E-state index contributed by atoms with van der Waals surface area (Å²) < 4.78 is 10.1. The van der Waals surface area contributed by atoms with Crippen LogP contribution in [0.3, 0.4) is 0 Å². The molecule has 0 unspecified atom stereocenters. The Morgan fingerprint density at radius 3 is 2.58 bits per heavy atom. The molecule has 0 aliphatic carbocycles. The Labute approximate surface area is 144 Å². The zero-order chi connectivity index (χ0) is 17.1. The third kappa shape index (κ3) is 3.05. The topological polar surface area (TPSA) is 76.8 Å². The van der Waals surface area contributed by atoms with Gasteiger partial charge in [0.25, 0.3) is 5.91 Å². The monoisotopic (exact) mass is 342 g/mol. The van der Waals surface area contributed by atoms with Gasteiger partial charge in [-0.15, -0.1) is 5.10 Å². The Kier molecular flexibility index (Phi) is 4.66. The lowest BCUT2D eigenvalue weighted by Gasteiger charge is -2.20. The van der Waals surface area contributed by atoms with Crippen molar-refractivity contribution in [2.75, 3.05) is 11.4 Å². The minimum Gasteiger partial charge on any atom is -0.307 e. The lowest BCUT2D eigenvalue weighted by molar-refractivity contribution is 0.0983. The van der Waals surface area contributed by atoms with Gasteiger partial charge in [0, 0.05) is 12.2 Å². The van der Waals surface area contributed by atoms with E-state index >= 15 is 0 Å². The van der Waals surface area contributed by atoms with Crippen LogP contribution >= 0.6 is 11.7 Å². The van der Waals surface area contributed by atoms with Crippen LogP contribution in [0.25, 0.3) is 0 Å². The largest absolute Gasteiger partial charge is 0.307 e. The van der Waals surface area contributed by atoms with Gasteiger partial charge in [0.15, 0.2) is 5.69 Å². The van der Waals surface area contributed by atoms with Crippen molar-refractivity contribution >= 4 is 23.3 Å². The highest BCUT2D eigenvalue weighted by molar-refractivity contribution is 6.99. The molecule has 1 aromatic carbocycles. The van der Waals surface area contributed by atoms with E-state index in [0.717, 1.165) is 22.8 Å². The number of anilines is 1. The van der Waals surface area contributed by atoms with Crippen molar-refractivity contribution in [3.05, 3.63) is 53.1 Å². The number of hydrogen-bond donors (Lipinski definition) is 0. The maximum Gasteiger partial charge on any atom is 0.280 e. The fourth-order valence-electron chi connectivity index (χ4n) is 2.42. The van der Waals surface area contributed by atoms with Gasteiger partial charge in [-0.2, -0.15) is 8.75 Å². The molecule has 0 saturated heterocycles. The number of rotatable bonds is 5. The highest BCUT2D eigenvalue weighted by Crippen LogP contribution is 2.18. The fourth-order valence-corrected chi connectivity index (χ4v) is 2.98. The third-order valence-corrected chi connectivity index (χ3v) is 4.52. The van der Waals surface area contributed by atoms with Crippen LogP contribution in [0.4, 0.5) is 5.69 Å². The van der Waals surface area contributed by atoms with Crippen LogP contribution < -0.4 is 4.90 Å². The van der Waals surface area contributed by atoms with Crippen LogP contribution in [0.2, 0.25) is 0 Å². The van der Waals surface area contributed by atoms with Crippen molar-refractivity contribution in [2.45, 2.75) is 27.3 Å². The zero-order valence-corrected chi connectivity index (χ0v) is 14.6. The van der Waals surface area contributed by atoms with Crippen molar-refractivity contribution in [2.24, 2.45) is 0 Å². The fraction of sp³-hybridized carbons (Fsp3) is 0.312. The Hall–Kier alpha value is -2.61. The smallest absolute Gasteiger partial charge is 0.280 e. The van der Waals surface area contributed by atoms with E-state index in [1.54, 1.807) is 9.58 Å². The maximum absolute atomic E-state index is 12.9. The zero-order valence-electron chi connectivity index (χ0n) is 13.8. The van der Waals surface area contributed by atoms with Gasteiger partial charge in [0.1, 0.15) is 0 Å². The molecule has 0 aliphatic rings. The summed E-state index contributed by atoms with van der Waals surface area (Å²) in [5.41, 5.74) is 3.66. The average Bonchev–Trinajstić information content (AvgIpc) is 3.16. The first kappa shape index (κ1) is 16.3. The number of aryl methyl sites for hydroxylation is 1. The first-order chi connectivity index (χ1) is 11.6. The Morgan fingerprint density at radius 1 is 1.21 bits per heavy atom. The number of carbonyl (C=O) groups is 1. The van der Waals surface area contributed by atoms with Gasteiger partial charge in [-0.3, -0.25) is 4.79 Å². The number of nitrogens with zero attached hydrogens (tertiary/aromatic N) is 6. The van der Waals surface area contributed by atoms with Crippen LogP contribution in [0, 0.1) is 13.8 Å². The summed E-state index contributed by atoms with van der Waals surface area (Å²) in [4.78, 5) is 14.6. The summed E-state index contributed by atoms with van der Waals surface area (Å²) >= 11 is 1.17. The first-order valence-electron chi connectivity index (χ1n) is 7.66. The van der Waals surface area contributed by atoms with E-state index in [-0.39, 0.29) is 5.91 Å². The van der Waals surface area contributed by atoms with Crippen LogP contribution in [0.5, 0.6) is 0 Å². The predicted molar refractivity (Wildman–Crippen MR) is 92.3 cm³/mol. The molecule has 1 amide bonds.